The molecule has 2 atom stereocenters. The zero-order chi connectivity index (χ0) is 23.8. The van der Waals surface area contributed by atoms with Gasteiger partial charge in [-0.3, -0.25) is 14.6 Å². The Balaban J connectivity index is 1.62. The molecule has 7 nitrogen and oxygen atoms in total. The SMILES string of the molecule is COc1ccccc1CN1C(=O)C(=O)/C(=C(\O)c2ccc3c(c2)CC(C)O3)C1c1ccccn1. The lowest BCUT2D eigenvalue weighted by atomic mass is 9.96. The van der Waals surface area contributed by atoms with Gasteiger partial charge in [0.2, 0.25) is 0 Å². The van der Waals surface area contributed by atoms with Crippen molar-refractivity contribution < 1.29 is 24.2 Å². The molecule has 0 bridgehead atoms. The van der Waals surface area contributed by atoms with Gasteiger partial charge in [-0.05, 0) is 48.9 Å². The van der Waals surface area contributed by atoms with Crippen molar-refractivity contribution in [3.8, 4) is 11.5 Å². The number of hydrogen-bond acceptors (Lipinski definition) is 6. The second kappa shape index (κ2) is 8.67. The number of aliphatic hydroxyl groups is 1. The average Bonchev–Trinajstić information content (AvgIpc) is 3.35. The highest BCUT2D eigenvalue weighted by atomic mass is 16.5. The number of hydrogen-bond donors (Lipinski definition) is 1. The minimum absolute atomic E-state index is 0.0190. The largest absolute Gasteiger partial charge is 0.507 e. The Morgan fingerprint density at radius 3 is 2.71 bits per heavy atom. The predicted octanol–water partition coefficient (Wildman–Crippen LogP) is 4.04. The summed E-state index contributed by atoms with van der Waals surface area (Å²) in [5.74, 6) is -0.285. The molecular weight excluding hydrogens is 432 g/mol. The number of nitrogens with zero attached hydrogens (tertiary/aromatic N) is 2. The van der Waals surface area contributed by atoms with Crippen LogP contribution in [0.1, 0.15) is 35.3 Å². The van der Waals surface area contributed by atoms with E-state index in [0.29, 0.717) is 23.4 Å². The fraction of sp³-hybridized carbons (Fsp3) is 0.222. The van der Waals surface area contributed by atoms with E-state index in [1.807, 2.05) is 31.2 Å². The van der Waals surface area contributed by atoms with Crippen LogP contribution in [0.5, 0.6) is 11.5 Å². The average molecular weight is 456 g/mol. The van der Waals surface area contributed by atoms with Crippen molar-refractivity contribution in [3.05, 3.63) is 94.8 Å². The molecule has 0 radical (unpaired) electrons. The van der Waals surface area contributed by atoms with Crippen LogP contribution in [0.25, 0.3) is 5.76 Å². The van der Waals surface area contributed by atoms with E-state index in [4.69, 9.17) is 9.47 Å². The van der Waals surface area contributed by atoms with Gasteiger partial charge in [-0.15, -0.1) is 0 Å². The Bertz CT molecular complexity index is 1300. The first-order valence-corrected chi connectivity index (χ1v) is 11.1. The van der Waals surface area contributed by atoms with Crippen molar-refractivity contribution in [2.24, 2.45) is 0 Å². The van der Waals surface area contributed by atoms with Crippen LogP contribution in [0, 0.1) is 0 Å². The summed E-state index contributed by atoms with van der Waals surface area (Å²) in [4.78, 5) is 32.3. The topological polar surface area (TPSA) is 89.0 Å². The van der Waals surface area contributed by atoms with Crippen molar-refractivity contribution >= 4 is 17.4 Å². The third-order valence-corrected chi connectivity index (χ3v) is 6.21. The normalized spacial score (nSPS) is 20.8. The number of Topliss-reactive ketones (excluding diaryl/α,β-unsaturated/α-hetero) is 1. The number of rotatable bonds is 5. The Morgan fingerprint density at radius 2 is 1.94 bits per heavy atom. The second-order valence-electron chi connectivity index (χ2n) is 8.45. The van der Waals surface area contributed by atoms with Gasteiger partial charge in [0.05, 0.1) is 24.9 Å². The maximum Gasteiger partial charge on any atom is 0.296 e. The Kier molecular flexibility index (Phi) is 5.53. The third-order valence-electron chi connectivity index (χ3n) is 6.21. The number of para-hydroxylation sites is 1. The van der Waals surface area contributed by atoms with E-state index >= 15 is 0 Å². The molecule has 7 heteroatoms. The highest BCUT2D eigenvalue weighted by molar-refractivity contribution is 6.46. The number of ketones is 1. The van der Waals surface area contributed by atoms with E-state index in [0.717, 1.165) is 16.9 Å². The fourth-order valence-corrected chi connectivity index (χ4v) is 4.63. The van der Waals surface area contributed by atoms with E-state index < -0.39 is 17.7 Å². The van der Waals surface area contributed by atoms with Gasteiger partial charge < -0.3 is 19.5 Å². The van der Waals surface area contributed by atoms with E-state index in [2.05, 4.69) is 4.98 Å². The van der Waals surface area contributed by atoms with Gasteiger partial charge in [-0.25, -0.2) is 0 Å². The van der Waals surface area contributed by atoms with Gasteiger partial charge in [-0.2, -0.15) is 0 Å². The van der Waals surface area contributed by atoms with Crippen LogP contribution in [0.15, 0.2) is 72.4 Å². The Hall–Kier alpha value is -4.13. The number of pyridine rings is 1. The lowest BCUT2D eigenvalue weighted by Gasteiger charge is -2.25. The van der Waals surface area contributed by atoms with Crippen LogP contribution < -0.4 is 9.47 Å². The van der Waals surface area contributed by atoms with Gasteiger partial charge in [0.1, 0.15) is 29.4 Å². The molecule has 3 aromatic rings. The summed E-state index contributed by atoms with van der Waals surface area (Å²) in [6, 6.07) is 17.1. The van der Waals surface area contributed by atoms with Gasteiger partial charge in [-0.1, -0.05) is 24.3 Å². The number of aromatic nitrogens is 1. The maximum absolute atomic E-state index is 13.3. The van der Waals surface area contributed by atoms with Crippen molar-refractivity contribution in [3.63, 3.8) is 0 Å². The van der Waals surface area contributed by atoms with Crippen molar-refractivity contribution in [2.45, 2.75) is 32.0 Å². The first-order valence-electron chi connectivity index (χ1n) is 11.1. The quantitative estimate of drug-likeness (QED) is 0.354. The van der Waals surface area contributed by atoms with Crippen LogP contribution in [0.3, 0.4) is 0 Å². The summed E-state index contributed by atoms with van der Waals surface area (Å²) in [6.45, 7) is 2.10. The van der Waals surface area contributed by atoms with Crippen LogP contribution in [0.2, 0.25) is 0 Å². The highest BCUT2D eigenvalue weighted by Gasteiger charge is 2.47. The summed E-state index contributed by atoms with van der Waals surface area (Å²) in [7, 11) is 1.56. The van der Waals surface area contributed by atoms with Crippen LogP contribution in [-0.2, 0) is 22.6 Å². The minimum atomic E-state index is -0.838. The Labute approximate surface area is 197 Å². The number of benzene rings is 2. The van der Waals surface area contributed by atoms with Gasteiger partial charge in [0.15, 0.2) is 0 Å². The molecule has 1 fully saturated rings. The molecule has 3 heterocycles. The standard InChI is InChI=1S/C27H24N2O5/c1-16-13-19-14-17(10-11-22(19)34-16)25(30)23-24(20-8-5-6-12-28-20)29(27(32)26(23)31)15-18-7-3-4-9-21(18)33-2/h3-12,14,16,24,30H,13,15H2,1-2H3/b25-23-. The molecule has 2 aliphatic heterocycles. The Morgan fingerprint density at radius 1 is 1.15 bits per heavy atom. The number of carbonyl (C=O) groups is 2. The van der Waals surface area contributed by atoms with Crippen molar-refractivity contribution in [2.75, 3.05) is 7.11 Å². The molecule has 1 amide bonds. The number of fused-ring (bicyclic) bond motifs is 1. The van der Waals surface area contributed by atoms with E-state index in [-0.39, 0.29) is 24.0 Å². The highest BCUT2D eigenvalue weighted by Crippen LogP contribution is 2.41. The van der Waals surface area contributed by atoms with Crippen LogP contribution in [0.4, 0.5) is 0 Å². The maximum atomic E-state index is 13.3. The van der Waals surface area contributed by atoms with Gasteiger partial charge in [0, 0.05) is 23.7 Å². The lowest BCUT2D eigenvalue weighted by molar-refractivity contribution is -0.140. The van der Waals surface area contributed by atoms with Crippen molar-refractivity contribution in [1.82, 2.24) is 9.88 Å². The number of aliphatic hydroxyl groups excluding tert-OH is 1. The molecule has 1 aromatic heterocycles. The van der Waals surface area contributed by atoms with Crippen molar-refractivity contribution in [1.29, 1.82) is 0 Å². The zero-order valence-electron chi connectivity index (χ0n) is 18.9. The molecule has 0 saturated carbocycles. The molecule has 0 aliphatic carbocycles. The number of carbonyl (C=O) groups excluding carboxylic acids is 2. The number of amides is 1. The summed E-state index contributed by atoms with van der Waals surface area (Å²) in [5, 5.41) is 11.3. The summed E-state index contributed by atoms with van der Waals surface area (Å²) >= 11 is 0. The van der Waals surface area contributed by atoms with E-state index in [1.165, 1.54) is 4.90 Å². The number of likely N-dealkylation sites (tertiary alicyclic amines) is 1. The molecule has 1 N–H and O–H groups in total. The summed E-state index contributed by atoms with van der Waals surface area (Å²) in [5.41, 5.74) is 2.68. The monoisotopic (exact) mass is 456 g/mol. The second-order valence-corrected chi connectivity index (χ2v) is 8.45. The molecule has 34 heavy (non-hydrogen) atoms. The predicted molar refractivity (Wildman–Crippen MR) is 125 cm³/mol. The zero-order valence-corrected chi connectivity index (χ0v) is 18.9. The molecule has 0 spiro atoms. The third kappa shape index (κ3) is 3.69. The summed E-state index contributed by atoms with van der Waals surface area (Å²) < 4.78 is 11.2. The van der Waals surface area contributed by atoms with E-state index in [9.17, 15) is 14.7 Å². The lowest BCUT2D eigenvalue weighted by Crippen LogP contribution is -2.29. The molecule has 2 aromatic carbocycles. The molecular formula is C27H24N2O5. The number of ether oxygens (including phenoxy) is 2. The molecule has 172 valence electrons. The smallest absolute Gasteiger partial charge is 0.296 e. The summed E-state index contributed by atoms with van der Waals surface area (Å²) in [6.07, 6.45) is 2.36. The minimum Gasteiger partial charge on any atom is -0.507 e. The molecule has 2 aliphatic rings. The van der Waals surface area contributed by atoms with Gasteiger partial charge in [0.25, 0.3) is 11.7 Å². The number of methoxy groups -OCH3 is 1. The molecule has 5 rings (SSSR count). The fourth-order valence-electron chi connectivity index (χ4n) is 4.63. The first-order chi connectivity index (χ1) is 16.5. The van der Waals surface area contributed by atoms with Gasteiger partial charge >= 0.3 is 0 Å². The van der Waals surface area contributed by atoms with E-state index in [1.54, 1.807) is 49.7 Å². The molecule has 1 saturated heterocycles. The van der Waals surface area contributed by atoms with Crippen LogP contribution in [-0.4, -0.2) is 39.9 Å². The first kappa shape index (κ1) is 21.7. The van der Waals surface area contributed by atoms with Crippen LogP contribution >= 0.6 is 0 Å². The molecule has 2 unspecified atom stereocenters.